The first kappa shape index (κ1) is 14.5. The maximum atomic E-state index is 12.6. The highest BCUT2D eigenvalue weighted by Crippen LogP contribution is 2.28. The van der Waals surface area contributed by atoms with Gasteiger partial charge in [0, 0.05) is 6.42 Å². The molecule has 2 aromatic carbocycles. The molecule has 0 aromatic heterocycles. The van der Waals surface area contributed by atoms with Crippen molar-refractivity contribution in [3.05, 3.63) is 65.2 Å². The van der Waals surface area contributed by atoms with E-state index in [-0.39, 0.29) is 17.7 Å². The van der Waals surface area contributed by atoms with Gasteiger partial charge in [0.05, 0.1) is 11.6 Å². The van der Waals surface area contributed by atoms with Gasteiger partial charge in [0.15, 0.2) is 0 Å². The van der Waals surface area contributed by atoms with Crippen LogP contribution in [-0.4, -0.2) is 11.8 Å². The number of anilines is 1. The number of benzene rings is 2. The molecule has 22 heavy (non-hydrogen) atoms. The van der Waals surface area contributed by atoms with Crippen LogP contribution in [0.5, 0.6) is 0 Å². The Morgan fingerprint density at radius 2 is 1.64 bits per heavy atom. The fourth-order valence-corrected chi connectivity index (χ4v) is 3.17. The van der Waals surface area contributed by atoms with Crippen molar-refractivity contribution in [2.75, 3.05) is 4.90 Å². The lowest BCUT2D eigenvalue weighted by Gasteiger charge is -2.15. The third-order valence-electron chi connectivity index (χ3n) is 4.02. The number of aryl methyl sites for hydroxylation is 2. The number of rotatable bonds is 3. The van der Waals surface area contributed by atoms with Crippen LogP contribution in [0.1, 0.15) is 23.1 Å². The van der Waals surface area contributed by atoms with Crippen LogP contribution in [0.25, 0.3) is 0 Å². The first-order chi connectivity index (χ1) is 10.5. The zero-order chi connectivity index (χ0) is 15.7. The van der Waals surface area contributed by atoms with Crippen LogP contribution in [0.3, 0.4) is 0 Å². The zero-order valence-corrected chi connectivity index (χ0v) is 12.9. The Hall–Kier alpha value is -2.42. The third kappa shape index (κ3) is 2.80. The van der Waals surface area contributed by atoms with Crippen molar-refractivity contribution in [1.29, 1.82) is 0 Å². The molecule has 112 valence electrons. The number of carbonyl (C=O) groups excluding carboxylic acids is 2. The van der Waals surface area contributed by atoms with Gasteiger partial charge in [-0.05, 0) is 38.0 Å². The van der Waals surface area contributed by atoms with E-state index in [0.717, 1.165) is 5.56 Å². The molecule has 2 amide bonds. The molecule has 0 unspecified atom stereocenters. The molecule has 1 fully saturated rings. The average molecular weight is 293 g/mol. The van der Waals surface area contributed by atoms with E-state index >= 15 is 0 Å². The van der Waals surface area contributed by atoms with E-state index in [2.05, 4.69) is 18.2 Å². The molecule has 1 atom stereocenters. The summed E-state index contributed by atoms with van der Waals surface area (Å²) < 4.78 is 0. The summed E-state index contributed by atoms with van der Waals surface area (Å²) in [5, 5.41) is 0. The van der Waals surface area contributed by atoms with Gasteiger partial charge in [-0.15, -0.1) is 0 Å². The molecule has 2 aromatic rings. The summed E-state index contributed by atoms with van der Waals surface area (Å²) in [6.45, 7) is 4.10. The van der Waals surface area contributed by atoms with Crippen LogP contribution >= 0.6 is 0 Å². The van der Waals surface area contributed by atoms with E-state index in [1.807, 2.05) is 32.0 Å². The summed E-state index contributed by atoms with van der Waals surface area (Å²) in [6.07, 6.45) is 0.914. The Kier molecular flexibility index (Phi) is 3.80. The van der Waals surface area contributed by atoms with Gasteiger partial charge in [-0.25, -0.2) is 0 Å². The predicted octanol–water partition coefficient (Wildman–Crippen LogP) is 3.43. The summed E-state index contributed by atoms with van der Waals surface area (Å²) in [6, 6.07) is 15.5. The van der Waals surface area contributed by atoms with E-state index in [1.54, 1.807) is 12.1 Å². The van der Waals surface area contributed by atoms with Gasteiger partial charge in [0.1, 0.15) is 0 Å². The van der Waals surface area contributed by atoms with Gasteiger partial charge >= 0.3 is 0 Å². The second-order valence-corrected chi connectivity index (χ2v) is 6.00. The van der Waals surface area contributed by atoms with Crippen LogP contribution in [0.2, 0.25) is 0 Å². The van der Waals surface area contributed by atoms with Gasteiger partial charge in [0.25, 0.3) is 0 Å². The molecule has 0 radical (unpaired) electrons. The number of hydrogen-bond donors (Lipinski definition) is 0. The Balaban J connectivity index is 1.82. The summed E-state index contributed by atoms with van der Waals surface area (Å²) >= 11 is 0. The lowest BCUT2D eigenvalue weighted by Crippen LogP contribution is -2.30. The van der Waals surface area contributed by atoms with E-state index in [1.165, 1.54) is 16.0 Å². The predicted molar refractivity (Wildman–Crippen MR) is 86.7 cm³/mol. The van der Waals surface area contributed by atoms with Gasteiger partial charge in [-0.3, -0.25) is 14.5 Å². The van der Waals surface area contributed by atoms with Gasteiger partial charge in [0.2, 0.25) is 11.8 Å². The lowest BCUT2D eigenvalue weighted by molar-refractivity contribution is -0.122. The van der Waals surface area contributed by atoms with Crippen molar-refractivity contribution >= 4 is 17.5 Å². The Bertz CT molecular complexity index is 701. The molecule has 3 nitrogen and oxygen atoms in total. The second kappa shape index (κ2) is 5.76. The van der Waals surface area contributed by atoms with E-state index in [4.69, 9.17) is 0 Å². The first-order valence-corrected chi connectivity index (χ1v) is 7.53. The molecule has 1 heterocycles. The molecule has 0 saturated carbocycles. The highest BCUT2D eigenvalue weighted by Gasteiger charge is 2.39. The molecule has 3 heteroatoms. The molecular formula is C19H19NO2. The minimum Gasteiger partial charge on any atom is -0.274 e. The molecule has 3 rings (SSSR count). The van der Waals surface area contributed by atoms with Crippen molar-refractivity contribution in [3.63, 3.8) is 0 Å². The lowest BCUT2D eigenvalue weighted by atomic mass is 9.95. The maximum Gasteiger partial charge on any atom is 0.237 e. The number of hydrogen-bond acceptors (Lipinski definition) is 2. The minimum absolute atomic E-state index is 0.0876. The van der Waals surface area contributed by atoms with Crippen LogP contribution < -0.4 is 4.90 Å². The van der Waals surface area contributed by atoms with Crippen molar-refractivity contribution in [2.24, 2.45) is 5.92 Å². The van der Waals surface area contributed by atoms with Crippen molar-refractivity contribution in [2.45, 2.75) is 26.7 Å². The van der Waals surface area contributed by atoms with E-state index < -0.39 is 0 Å². The van der Waals surface area contributed by atoms with Crippen molar-refractivity contribution in [1.82, 2.24) is 0 Å². The molecular weight excluding hydrogens is 274 g/mol. The Morgan fingerprint density at radius 1 is 1.00 bits per heavy atom. The summed E-state index contributed by atoms with van der Waals surface area (Å²) in [5.41, 5.74) is 4.16. The number of amides is 2. The molecule has 0 aliphatic carbocycles. The van der Waals surface area contributed by atoms with E-state index in [0.29, 0.717) is 18.5 Å². The number of nitrogens with zero attached hydrogens (tertiary/aromatic N) is 1. The summed E-state index contributed by atoms with van der Waals surface area (Å²) in [7, 11) is 0. The van der Waals surface area contributed by atoms with Gasteiger partial charge in [-0.2, -0.15) is 0 Å². The second-order valence-electron chi connectivity index (χ2n) is 6.00. The first-order valence-electron chi connectivity index (χ1n) is 7.53. The standard InChI is InChI=1S/C19H19NO2/c1-13-8-14(2)10-15(9-13)11-16-12-18(21)20(19(16)22)17-6-4-3-5-7-17/h3-10,16H,11-12H2,1-2H3/t16-/m0/s1. The van der Waals surface area contributed by atoms with Crippen LogP contribution in [0, 0.1) is 19.8 Å². The van der Waals surface area contributed by atoms with Gasteiger partial charge in [-0.1, -0.05) is 47.5 Å². The van der Waals surface area contributed by atoms with Crippen molar-refractivity contribution in [3.8, 4) is 0 Å². The average Bonchev–Trinajstić information content (AvgIpc) is 2.73. The topological polar surface area (TPSA) is 37.4 Å². The van der Waals surface area contributed by atoms with Crippen LogP contribution in [0.4, 0.5) is 5.69 Å². The highest BCUT2D eigenvalue weighted by molar-refractivity contribution is 6.20. The number of carbonyl (C=O) groups is 2. The molecule has 0 spiro atoms. The molecule has 0 N–H and O–H groups in total. The maximum absolute atomic E-state index is 12.6. The molecule has 1 saturated heterocycles. The van der Waals surface area contributed by atoms with Gasteiger partial charge < -0.3 is 0 Å². The Morgan fingerprint density at radius 3 is 2.27 bits per heavy atom. The minimum atomic E-state index is -0.256. The smallest absolute Gasteiger partial charge is 0.237 e. The SMILES string of the molecule is Cc1cc(C)cc(C[C@H]2CC(=O)N(c3ccccc3)C2=O)c1. The number of imide groups is 1. The Labute approximate surface area is 130 Å². The fourth-order valence-electron chi connectivity index (χ4n) is 3.17. The quantitative estimate of drug-likeness (QED) is 0.813. The monoisotopic (exact) mass is 293 g/mol. The molecule has 1 aliphatic rings. The van der Waals surface area contributed by atoms with Crippen molar-refractivity contribution < 1.29 is 9.59 Å². The summed E-state index contributed by atoms with van der Waals surface area (Å²) in [5.74, 6) is -0.449. The van der Waals surface area contributed by atoms with E-state index in [9.17, 15) is 9.59 Å². The fraction of sp³-hybridized carbons (Fsp3) is 0.263. The normalized spacial score (nSPS) is 18.1. The third-order valence-corrected chi connectivity index (χ3v) is 4.02. The molecule has 0 bridgehead atoms. The molecule has 1 aliphatic heterocycles. The van der Waals surface area contributed by atoms with Crippen LogP contribution in [0.15, 0.2) is 48.5 Å². The van der Waals surface area contributed by atoms with Crippen LogP contribution in [-0.2, 0) is 16.0 Å². The summed E-state index contributed by atoms with van der Waals surface area (Å²) in [4.78, 5) is 26.1. The highest BCUT2D eigenvalue weighted by atomic mass is 16.2. The zero-order valence-electron chi connectivity index (χ0n) is 12.9. The number of para-hydroxylation sites is 1. The largest absolute Gasteiger partial charge is 0.274 e.